The average Bonchev–Trinajstić information content (AvgIpc) is 3.47. The minimum Gasteiger partial charge on any atom is -0.454 e. The number of rotatable bonds is 10. The van der Waals surface area contributed by atoms with Crippen molar-refractivity contribution in [2.75, 3.05) is 18.9 Å². The number of phosphoric ester groups is 2. The van der Waals surface area contributed by atoms with Crippen LogP contribution in [-0.2, 0) is 41.5 Å². The fraction of sp³-hybridized carbons (Fsp3) is 0.647. The lowest BCUT2D eigenvalue weighted by atomic mass is 10.1. The lowest BCUT2D eigenvalue weighted by Crippen LogP contribution is -2.37. The van der Waals surface area contributed by atoms with E-state index in [1.54, 1.807) is 0 Å². The van der Waals surface area contributed by atoms with Gasteiger partial charge >= 0.3 is 21.6 Å². The third-order valence-electron chi connectivity index (χ3n) is 5.62. The number of nitrogens with two attached hydrogens (primary N) is 1. The summed E-state index contributed by atoms with van der Waals surface area (Å²) < 4.78 is 54.1. The van der Waals surface area contributed by atoms with Gasteiger partial charge in [0, 0.05) is 6.92 Å². The number of carbonyl (C=O) groups is 1. The predicted octanol–water partition coefficient (Wildman–Crippen LogP) is -2.71. The van der Waals surface area contributed by atoms with Gasteiger partial charge in [-0.1, -0.05) is 0 Å². The highest BCUT2D eigenvalue weighted by Crippen LogP contribution is 2.60. The molecule has 0 spiro atoms. The molecule has 0 aliphatic carbocycles. The van der Waals surface area contributed by atoms with E-state index in [4.69, 9.17) is 15.2 Å². The minimum atomic E-state index is -5.35. The van der Waals surface area contributed by atoms with E-state index in [2.05, 4.69) is 33.0 Å². The van der Waals surface area contributed by atoms with Gasteiger partial charge in [-0.25, -0.2) is 24.1 Å². The van der Waals surface area contributed by atoms with Crippen molar-refractivity contribution in [2.45, 2.75) is 56.1 Å². The number of anilines is 1. The van der Waals surface area contributed by atoms with Crippen LogP contribution in [0.5, 0.6) is 0 Å². The summed E-state index contributed by atoms with van der Waals surface area (Å²) in [5, 5.41) is 40.5. The zero-order valence-corrected chi connectivity index (χ0v) is 21.6. The van der Waals surface area contributed by atoms with Crippen molar-refractivity contribution in [2.24, 2.45) is 0 Å². The molecule has 0 radical (unpaired) electrons. The van der Waals surface area contributed by atoms with Crippen molar-refractivity contribution < 1.29 is 71.7 Å². The van der Waals surface area contributed by atoms with Crippen LogP contribution in [0.3, 0.4) is 0 Å². The molecule has 0 bridgehead atoms. The van der Waals surface area contributed by atoms with Crippen molar-refractivity contribution in [1.29, 1.82) is 0 Å². The topological polar surface area (TPSA) is 298 Å². The Bertz CT molecular complexity index is 1300. The lowest BCUT2D eigenvalue weighted by Gasteiger charge is -2.20. The molecule has 2 fully saturated rings. The molecule has 10 atom stereocenters. The number of aliphatic hydroxyl groups excluding tert-OH is 4. The average molecular weight is 601 g/mol. The van der Waals surface area contributed by atoms with Gasteiger partial charge < -0.3 is 50.2 Å². The van der Waals surface area contributed by atoms with Crippen molar-refractivity contribution in [3.8, 4) is 0 Å². The van der Waals surface area contributed by atoms with E-state index in [1.807, 2.05) is 0 Å². The van der Waals surface area contributed by atoms with Crippen LogP contribution >= 0.6 is 15.6 Å². The van der Waals surface area contributed by atoms with Crippen molar-refractivity contribution >= 4 is 38.6 Å². The summed E-state index contributed by atoms with van der Waals surface area (Å²) in [6.07, 6.45) is -10.0. The summed E-state index contributed by atoms with van der Waals surface area (Å²) in [5.41, 5.74) is 6.08. The molecule has 2 aromatic rings. The third kappa shape index (κ3) is 6.60. The van der Waals surface area contributed by atoms with Gasteiger partial charge in [0.2, 0.25) is 0 Å². The summed E-state index contributed by atoms with van der Waals surface area (Å²) in [4.78, 5) is 42.5. The molecule has 2 unspecified atom stereocenters. The zero-order valence-electron chi connectivity index (χ0n) is 19.8. The lowest BCUT2D eigenvalue weighted by molar-refractivity contribution is -0.170. The van der Waals surface area contributed by atoms with Crippen LogP contribution in [0, 0.1) is 0 Å². The molecule has 4 heterocycles. The van der Waals surface area contributed by atoms with Crippen LogP contribution < -0.4 is 5.73 Å². The number of imidazole rings is 1. The monoisotopic (exact) mass is 601 g/mol. The van der Waals surface area contributed by atoms with Gasteiger partial charge in [-0.15, -0.1) is 0 Å². The first kappa shape index (κ1) is 29.8. The maximum absolute atomic E-state index is 12.3. The first-order valence-corrected chi connectivity index (χ1v) is 14.0. The van der Waals surface area contributed by atoms with Gasteiger partial charge in [0.1, 0.15) is 42.4 Å². The maximum atomic E-state index is 12.3. The Balaban J connectivity index is 1.32. The van der Waals surface area contributed by atoms with Gasteiger partial charge in [-0.05, 0) is 0 Å². The number of esters is 1. The molecule has 8 N–H and O–H groups in total. The molecule has 0 saturated carbocycles. The predicted molar refractivity (Wildman–Crippen MR) is 121 cm³/mol. The molecular formula is C17H25N5O15P2. The molecule has 2 saturated heterocycles. The number of aromatic nitrogens is 4. The van der Waals surface area contributed by atoms with E-state index in [0.717, 1.165) is 13.3 Å². The molecule has 2 aromatic heterocycles. The van der Waals surface area contributed by atoms with Gasteiger partial charge in [0.05, 0.1) is 19.5 Å². The number of nitrogens with zero attached hydrogens (tertiary/aromatic N) is 4. The Hall–Kier alpha value is -2.16. The highest BCUT2D eigenvalue weighted by molar-refractivity contribution is 7.61. The molecule has 2 aliphatic heterocycles. The van der Waals surface area contributed by atoms with Crippen LogP contribution in [-0.4, -0.2) is 112 Å². The molecular weight excluding hydrogens is 576 g/mol. The van der Waals surface area contributed by atoms with Gasteiger partial charge in [-0.3, -0.25) is 18.4 Å². The van der Waals surface area contributed by atoms with E-state index in [-0.39, 0.29) is 17.0 Å². The maximum Gasteiger partial charge on any atom is 0.481 e. The Labute approximate surface area is 218 Å². The van der Waals surface area contributed by atoms with E-state index in [9.17, 15) is 44.1 Å². The van der Waals surface area contributed by atoms with E-state index >= 15 is 0 Å². The standard InChI is InChI=1S/C17H25N5O15P2/c1-6(23)34-13-11(25)8(36-17(13)27)3-33-39(30,31)37-38(28,29)32-2-7-10(24)12(26)16(35-7)22-5-21-9-14(18)19-4-20-15(9)22/h4-5,7-8,10-13,16-17,24-27H,2-3H2,1H3,(H,28,29)(H,30,31)(H2,18,19,20)/t7-,8-,10-,11-,12-,13-,16-,17+/m1/s1. The van der Waals surface area contributed by atoms with Gasteiger partial charge in [0.25, 0.3) is 0 Å². The van der Waals surface area contributed by atoms with E-state index in [1.165, 1.54) is 10.9 Å². The van der Waals surface area contributed by atoms with Crippen LogP contribution in [0.2, 0.25) is 0 Å². The summed E-state index contributed by atoms with van der Waals surface area (Å²) in [6, 6.07) is 0. The van der Waals surface area contributed by atoms with Gasteiger partial charge in [0.15, 0.2) is 30.1 Å². The normalized spacial score (nSPS) is 34.1. The van der Waals surface area contributed by atoms with Crippen LogP contribution in [0.15, 0.2) is 12.7 Å². The second-order valence-electron chi connectivity index (χ2n) is 8.37. The highest BCUT2D eigenvalue weighted by atomic mass is 31.3. The molecule has 20 nitrogen and oxygen atoms in total. The molecule has 0 aromatic carbocycles. The van der Waals surface area contributed by atoms with Crippen molar-refractivity contribution in [1.82, 2.24) is 19.5 Å². The second-order valence-corrected chi connectivity index (χ2v) is 11.4. The van der Waals surface area contributed by atoms with E-state index < -0.39 is 84.0 Å². The number of nitrogen functional groups attached to an aromatic ring is 1. The van der Waals surface area contributed by atoms with Crippen molar-refractivity contribution in [3.63, 3.8) is 0 Å². The molecule has 2 aliphatic rings. The molecule has 39 heavy (non-hydrogen) atoms. The Morgan fingerprint density at radius 2 is 1.62 bits per heavy atom. The van der Waals surface area contributed by atoms with Crippen molar-refractivity contribution in [3.05, 3.63) is 12.7 Å². The fourth-order valence-corrected chi connectivity index (χ4v) is 5.93. The Morgan fingerprint density at radius 3 is 2.23 bits per heavy atom. The smallest absolute Gasteiger partial charge is 0.454 e. The first-order valence-electron chi connectivity index (χ1n) is 11.0. The Kier molecular flexibility index (Phi) is 8.70. The summed E-state index contributed by atoms with van der Waals surface area (Å²) in [7, 11) is -10.7. The molecule has 218 valence electrons. The fourth-order valence-electron chi connectivity index (χ4n) is 3.84. The summed E-state index contributed by atoms with van der Waals surface area (Å²) in [6.45, 7) is -0.818. The number of fused-ring (bicyclic) bond motifs is 1. The summed E-state index contributed by atoms with van der Waals surface area (Å²) in [5.74, 6) is -0.792. The second kappa shape index (κ2) is 11.4. The van der Waals surface area contributed by atoms with E-state index in [0.29, 0.717) is 0 Å². The van der Waals surface area contributed by atoms with Crippen LogP contribution in [0.25, 0.3) is 11.2 Å². The number of hydrogen-bond donors (Lipinski definition) is 7. The number of aliphatic hydroxyl groups is 4. The highest BCUT2D eigenvalue weighted by Gasteiger charge is 2.48. The Morgan fingerprint density at radius 1 is 1.00 bits per heavy atom. The SMILES string of the molecule is CC(=O)O[C@@H]1[C@H](O)[C@@H](COP(=O)(O)OP(=O)(O)OC[C@H]2O[C@@H](n3cnc4c(N)ncnc43)[C@H](O)[C@@H]2O)O[C@@H]1O. The summed E-state index contributed by atoms with van der Waals surface area (Å²) >= 11 is 0. The third-order valence-corrected chi connectivity index (χ3v) is 8.23. The number of phosphoric acid groups is 2. The first-order chi connectivity index (χ1) is 18.2. The molecule has 22 heteroatoms. The largest absolute Gasteiger partial charge is 0.481 e. The van der Waals surface area contributed by atoms with Crippen LogP contribution in [0.1, 0.15) is 13.2 Å². The van der Waals surface area contributed by atoms with Crippen LogP contribution in [0.4, 0.5) is 5.82 Å². The number of ether oxygens (including phenoxy) is 3. The quantitative estimate of drug-likeness (QED) is 0.107. The molecule has 0 amide bonds. The number of hydrogen-bond acceptors (Lipinski definition) is 17. The van der Waals surface area contributed by atoms with Gasteiger partial charge in [-0.2, -0.15) is 4.31 Å². The zero-order chi connectivity index (χ0) is 28.7. The molecule has 4 rings (SSSR count). The number of carbonyl (C=O) groups excluding carboxylic acids is 1. The minimum absolute atomic E-state index is 0.0510.